The van der Waals surface area contributed by atoms with Crippen LogP contribution in [0.2, 0.25) is 0 Å². The maximum Gasteiger partial charge on any atom is 0.249 e. The van der Waals surface area contributed by atoms with Gasteiger partial charge < -0.3 is 45.4 Å². The fourth-order valence-electron chi connectivity index (χ4n) is 6.51. The number of hydrogen-bond donors (Lipinski definition) is 7. The first-order chi connectivity index (χ1) is 24.3. The molecule has 1 aliphatic heterocycles. The average Bonchev–Trinajstić information content (AvgIpc) is 3.11. The van der Waals surface area contributed by atoms with Gasteiger partial charge in [-0.3, -0.25) is 4.79 Å². The summed E-state index contributed by atoms with van der Waals surface area (Å²) in [6.45, 7) is 3.57. The molecule has 0 aliphatic carbocycles. The smallest absolute Gasteiger partial charge is 0.249 e. The zero-order chi connectivity index (χ0) is 36.8. The summed E-state index contributed by atoms with van der Waals surface area (Å²) in [6.07, 6.45) is 23.0. The molecule has 0 aromatic carbocycles. The lowest BCUT2D eigenvalue weighted by Crippen LogP contribution is -2.60. The second-order valence-electron chi connectivity index (χ2n) is 14.6. The van der Waals surface area contributed by atoms with Gasteiger partial charge in [-0.25, -0.2) is 0 Å². The monoisotopic (exact) mass is 716 g/mol. The van der Waals surface area contributed by atoms with Gasteiger partial charge in [-0.15, -0.1) is 0 Å². The summed E-state index contributed by atoms with van der Waals surface area (Å²) in [5, 5.41) is 64.3. The lowest BCUT2D eigenvalue weighted by atomic mass is 9.99. The molecule has 1 saturated heterocycles. The van der Waals surface area contributed by atoms with Crippen molar-refractivity contribution in [2.75, 3.05) is 13.2 Å². The second-order valence-corrected chi connectivity index (χ2v) is 14.6. The molecular formula is C40H77NO9. The van der Waals surface area contributed by atoms with E-state index in [1.165, 1.54) is 109 Å². The molecule has 1 fully saturated rings. The van der Waals surface area contributed by atoms with Crippen molar-refractivity contribution in [2.24, 2.45) is 0 Å². The van der Waals surface area contributed by atoms with Crippen molar-refractivity contribution >= 4 is 5.91 Å². The first kappa shape index (κ1) is 46.9. The van der Waals surface area contributed by atoms with Gasteiger partial charge in [0.15, 0.2) is 6.29 Å². The molecule has 0 radical (unpaired) electrons. The minimum atomic E-state index is -1.60. The van der Waals surface area contributed by atoms with Crippen LogP contribution >= 0.6 is 0 Å². The molecule has 1 rings (SSSR count). The fraction of sp³-hybridized carbons (Fsp3) is 0.925. The minimum absolute atomic E-state index is 0.302. The normalized spacial score (nSPS) is 22.9. The summed E-state index contributed by atoms with van der Waals surface area (Å²) < 4.78 is 11.1. The Hall–Kier alpha value is -1.11. The van der Waals surface area contributed by atoms with E-state index in [1.54, 1.807) is 6.08 Å². The minimum Gasteiger partial charge on any atom is -0.394 e. The van der Waals surface area contributed by atoms with E-state index in [-0.39, 0.29) is 6.61 Å². The zero-order valence-electron chi connectivity index (χ0n) is 31.8. The Labute approximate surface area is 304 Å². The van der Waals surface area contributed by atoms with Crippen LogP contribution in [0.25, 0.3) is 0 Å². The Bertz CT molecular complexity index is 814. The van der Waals surface area contributed by atoms with Crippen LogP contribution in [-0.2, 0) is 14.3 Å². The summed E-state index contributed by atoms with van der Waals surface area (Å²) in [7, 11) is 0. The van der Waals surface area contributed by atoms with Crippen molar-refractivity contribution in [3.05, 3.63) is 12.2 Å². The highest BCUT2D eigenvalue weighted by molar-refractivity contribution is 5.80. The van der Waals surface area contributed by atoms with Gasteiger partial charge in [-0.05, 0) is 19.3 Å². The van der Waals surface area contributed by atoms with Crippen LogP contribution in [0, 0.1) is 0 Å². The number of nitrogens with one attached hydrogen (secondary N) is 1. The van der Waals surface area contributed by atoms with E-state index in [4.69, 9.17) is 9.47 Å². The average molecular weight is 716 g/mol. The number of allylic oxidation sites excluding steroid dienone is 1. The van der Waals surface area contributed by atoms with E-state index >= 15 is 0 Å². The second kappa shape index (κ2) is 31.4. The van der Waals surface area contributed by atoms with Gasteiger partial charge in [0.05, 0.1) is 25.4 Å². The van der Waals surface area contributed by atoms with Crippen molar-refractivity contribution in [1.82, 2.24) is 5.32 Å². The van der Waals surface area contributed by atoms with Gasteiger partial charge in [0.25, 0.3) is 0 Å². The molecule has 0 unspecified atom stereocenters. The van der Waals surface area contributed by atoms with Crippen molar-refractivity contribution in [2.45, 2.75) is 223 Å². The van der Waals surface area contributed by atoms with Crippen LogP contribution in [0.1, 0.15) is 174 Å². The maximum atomic E-state index is 12.9. The third kappa shape index (κ3) is 22.1. The van der Waals surface area contributed by atoms with Crippen LogP contribution in [0.3, 0.4) is 0 Å². The lowest BCUT2D eigenvalue weighted by molar-refractivity contribution is -0.302. The molecule has 0 spiro atoms. The molecule has 8 atom stereocenters. The number of unbranched alkanes of at least 4 members (excludes halogenated alkanes) is 22. The van der Waals surface area contributed by atoms with Crippen molar-refractivity contribution < 1.29 is 44.9 Å². The molecule has 1 aliphatic rings. The van der Waals surface area contributed by atoms with Crippen molar-refractivity contribution in [3.63, 3.8) is 0 Å². The fourth-order valence-corrected chi connectivity index (χ4v) is 6.51. The summed E-state index contributed by atoms with van der Waals surface area (Å²) in [5.41, 5.74) is 0. The van der Waals surface area contributed by atoms with Gasteiger partial charge >= 0.3 is 0 Å². The highest BCUT2D eigenvalue weighted by atomic mass is 16.7. The molecule has 0 aromatic rings. The van der Waals surface area contributed by atoms with Crippen LogP contribution < -0.4 is 5.32 Å². The highest BCUT2D eigenvalue weighted by Crippen LogP contribution is 2.22. The number of hydrogen-bond acceptors (Lipinski definition) is 9. The third-order valence-electron chi connectivity index (χ3n) is 9.97. The summed E-state index contributed by atoms with van der Waals surface area (Å²) in [4.78, 5) is 12.9. The van der Waals surface area contributed by atoms with Gasteiger partial charge in [0, 0.05) is 0 Å². The van der Waals surface area contributed by atoms with Gasteiger partial charge in [0.2, 0.25) is 5.91 Å². The Morgan fingerprint density at radius 2 is 1.14 bits per heavy atom. The highest BCUT2D eigenvalue weighted by Gasteiger charge is 2.44. The first-order valence-corrected chi connectivity index (χ1v) is 20.5. The van der Waals surface area contributed by atoms with Crippen LogP contribution in [0.4, 0.5) is 0 Å². The molecule has 0 aromatic heterocycles. The molecule has 7 N–H and O–H groups in total. The van der Waals surface area contributed by atoms with E-state index in [1.807, 2.05) is 6.08 Å². The molecule has 0 saturated carbocycles. The van der Waals surface area contributed by atoms with Crippen LogP contribution in [0.15, 0.2) is 12.2 Å². The maximum absolute atomic E-state index is 12.9. The molecule has 1 amide bonds. The van der Waals surface area contributed by atoms with E-state index < -0.39 is 61.5 Å². The number of amides is 1. The van der Waals surface area contributed by atoms with Crippen LogP contribution in [-0.4, -0.2) is 98.7 Å². The SMILES string of the molecule is CCCCCCCCCCCCC/C=C/[C@@H](O)[C@H](CO[C@@H]1O[C@H](CO)[C@@H](O)[C@H](O)[C@H]1O)NC(=O)[C@H](O)CCCCCCCCCCCCCC. The van der Waals surface area contributed by atoms with Crippen LogP contribution in [0.5, 0.6) is 0 Å². The van der Waals surface area contributed by atoms with Gasteiger partial charge in [-0.1, -0.05) is 167 Å². The van der Waals surface area contributed by atoms with E-state index in [0.717, 1.165) is 44.9 Å². The Morgan fingerprint density at radius 1 is 0.680 bits per heavy atom. The number of rotatable bonds is 33. The molecule has 1 heterocycles. The summed E-state index contributed by atoms with van der Waals surface area (Å²) in [5.74, 6) is -0.617. The standard InChI is InChI=1S/C40H77NO9/c1-3-5-7-9-11-13-15-17-19-20-22-24-26-28-33(43)32(31-49-40-38(47)37(46)36(45)35(30-42)50-40)41-39(48)34(44)29-27-25-23-21-18-16-14-12-10-8-6-4-2/h26,28,32-38,40,42-47H,3-25,27,29-31H2,1-2H3,(H,41,48)/b28-26+/t32-,33+,34+,35+,36+,37-,38+,40+/m0/s1. The number of carbonyl (C=O) groups is 1. The van der Waals surface area contributed by atoms with E-state index in [9.17, 15) is 35.4 Å². The zero-order valence-corrected chi connectivity index (χ0v) is 31.8. The van der Waals surface area contributed by atoms with E-state index in [0.29, 0.717) is 6.42 Å². The Kier molecular flexibility index (Phi) is 29.5. The third-order valence-corrected chi connectivity index (χ3v) is 9.97. The predicted octanol–water partition coefficient (Wildman–Crippen LogP) is 6.36. The molecule has 50 heavy (non-hydrogen) atoms. The lowest BCUT2D eigenvalue weighted by Gasteiger charge is -2.40. The van der Waals surface area contributed by atoms with Gasteiger partial charge in [-0.2, -0.15) is 0 Å². The van der Waals surface area contributed by atoms with Crippen molar-refractivity contribution in [1.29, 1.82) is 0 Å². The van der Waals surface area contributed by atoms with Crippen molar-refractivity contribution in [3.8, 4) is 0 Å². The number of ether oxygens (including phenoxy) is 2. The predicted molar refractivity (Wildman–Crippen MR) is 200 cm³/mol. The molecular weight excluding hydrogens is 638 g/mol. The van der Waals surface area contributed by atoms with E-state index in [2.05, 4.69) is 19.2 Å². The molecule has 0 bridgehead atoms. The topological polar surface area (TPSA) is 169 Å². The molecule has 10 nitrogen and oxygen atoms in total. The van der Waals surface area contributed by atoms with Gasteiger partial charge in [0.1, 0.15) is 30.5 Å². The number of carbonyl (C=O) groups excluding carboxylic acids is 1. The Balaban J connectivity index is 2.50. The molecule has 10 heteroatoms. The number of aliphatic hydroxyl groups excluding tert-OH is 6. The Morgan fingerprint density at radius 3 is 1.62 bits per heavy atom. The quantitative estimate of drug-likeness (QED) is 0.0302. The molecule has 296 valence electrons. The largest absolute Gasteiger partial charge is 0.394 e. The summed E-state index contributed by atoms with van der Waals surface area (Å²) >= 11 is 0. The number of aliphatic hydroxyl groups is 6. The summed E-state index contributed by atoms with van der Waals surface area (Å²) in [6, 6.07) is -0.972. The first-order valence-electron chi connectivity index (χ1n) is 20.5.